The fourth-order valence-corrected chi connectivity index (χ4v) is 2.21. The van der Waals surface area contributed by atoms with Gasteiger partial charge in [0, 0.05) is 0 Å². The van der Waals surface area contributed by atoms with E-state index in [2.05, 4.69) is 35.5 Å². The van der Waals surface area contributed by atoms with Crippen LogP contribution in [0.25, 0.3) is 16.9 Å². The van der Waals surface area contributed by atoms with Crippen molar-refractivity contribution in [2.75, 3.05) is 7.11 Å². The lowest BCUT2D eigenvalue weighted by Crippen LogP contribution is -2.02. The lowest BCUT2D eigenvalue weighted by Gasteiger charge is -2.04. The number of nitrogens with one attached hydrogen (secondary N) is 1. The van der Waals surface area contributed by atoms with E-state index in [0.717, 1.165) is 11.4 Å². The van der Waals surface area contributed by atoms with Crippen molar-refractivity contribution >= 4 is 11.2 Å². The summed E-state index contributed by atoms with van der Waals surface area (Å²) in [6.07, 6.45) is 3.57. The van der Waals surface area contributed by atoms with E-state index in [0.29, 0.717) is 29.2 Å². The molecule has 9 nitrogen and oxygen atoms in total. The summed E-state index contributed by atoms with van der Waals surface area (Å²) in [5.41, 5.74) is 2.11. The van der Waals surface area contributed by atoms with Gasteiger partial charge in [-0.2, -0.15) is 9.78 Å². The molecular weight excluding hydrogens is 296 g/mol. The molecule has 9 heteroatoms. The third-order valence-corrected chi connectivity index (χ3v) is 3.35. The first-order valence-electron chi connectivity index (χ1n) is 6.89. The van der Waals surface area contributed by atoms with E-state index >= 15 is 0 Å². The van der Waals surface area contributed by atoms with Gasteiger partial charge in [0.15, 0.2) is 11.2 Å². The van der Waals surface area contributed by atoms with E-state index in [1.165, 1.54) is 6.33 Å². The number of aromatic amines is 1. The van der Waals surface area contributed by atoms with Crippen molar-refractivity contribution in [3.63, 3.8) is 0 Å². The summed E-state index contributed by atoms with van der Waals surface area (Å²) in [7, 11) is 1.63. The van der Waals surface area contributed by atoms with E-state index < -0.39 is 0 Å². The predicted molar refractivity (Wildman–Crippen MR) is 80.2 cm³/mol. The Morgan fingerprint density at radius 1 is 1.17 bits per heavy atom. The molecule has 0 unspecified atom stereocenters. The van der Waals surface area contributed by atoms with Gasteiger partial charge in [-0.25, -0.2) is 15.0 Å². The monoisotopic (exact) mass is 308 g/mol. The highest BCUT2D eigenvalue weighted by Crippen LogP contribution is 2.17. The Morgan fingerprint density at radius 3 is 2.78 bits per heavy atom. The van der Waals surface area contributed by atoms with Gasteiger partial charge in [0.1, 0.15) is 23.7 Å². The second-order valence-electron chi connectivity index (χ2n) is 4.80. The van der Waals surface area contributed by atoms with Crippen LogP contribution in [-0.2, 0) is 6.42 Å². The van der Waals surface area contributed by atoms with Crippen LogP contribution in [-0.4, -0.2) is 47.3 Å². The summed E-state index contributed by atoms with van der Waals surface area (Å²) >= 11 is 0. The van der Waals surface area contributed by atoms with Gasteiger partial charge < -0.3 is 4.74 Å². The molecule has 0 aliphatic heterocycles. The number of rotatable bonds is 4. The molecule has 0 spiro atoms. The molecule has 0 atom stereocenters. The molecule has 3 aromatic heterocycles. The van der Waals surface area contributed by atoms with Crippen molar-refractivity contribution in [2.45, 2.75) is 6.42 Å². The molecule has 4 aromatic rings. The summed E-state index contributed by atoms with van der Waals surface area (Å²) in [4.78, 5) is 12.9. The van der Waals surface area contributed by atoms with Crippen molar-refractivity contribution < 1.29 is 4.74 Å². The Morgan fingerprint density at radius 2 is 2.04 bits per heavy atom. The molecule has 0 radical (unpaired) electrons. The SMILES string of the molecule is COc1ccc(-n2nnc3cnc(Cc4ncn[nH]4)nc32)cc1. The fourth-order valence-electron chi connectivity index (χ4n) is 2.21. The first kappa shape index (κ1) is 13.3. The number of methoxy groups -OCH3 is 1. The van der Waals surface area contributed by atoms with Gasteiger partial charge in [-0.1, -0.05) is 5.21 Å². The average molecular weight is 308 g/mol. The van der Waals surface area contributed by atoms with Gasteiger partial charge in [0.25, 0.3) is 0 Å². The maximum Gasteiger partial charge on any atom is 0.187 e. The van der Waals surface area contributed by atoms with E-state index in [4.69, 9.17) is 4.74 Å². The van der Waals surface area contributed by atoms with Crippen molar-refractivity contribution in [1.82, 2.24) is 40.1 Å². The Bertz CT molecular complexity index is 929. The van der Waals surface area contributed by atoms with Gasteiger partial charge in [0.2, 0.25) is 0 Å². The Labute approximate surface area is 130 Å². The van der Waals surface area contributed by atoms with Gasteiger partial charge >= 0.3 is 0 Å². The molecule has 23 heavy (non-hydrogen) atoms. The van der Waals surface area contributed by atoms with E-state index in [-0.39, 0.29) is 0 Å². The normalized spacial score (nSPS) is 11.0. The van der Waals surface area contributed by atoms with E-state index in [1.807, 2.05) is 24.3 Å². The molecule has 0 aliphatic rings. The number of benzene rings is 1. The van der Waals surface area contributed by atoms with Crippen LogP contribution in [0.1, 0.15) is 11.6 Å². The van der Waals surface area contributed by atoms with Crippen LogP contribution in [0.5, 0.6) is 5.75 Å². The summed E-state index contributed by atoms with van der Waals surface area (Å²) in [5.74, 6) is 2.10. The second kappa shape index (κ2) is 5.44. The molecule has 0 bridgehead atoms. The summed E-state index contributed by atoms with van der Waals surface area (Å²) in [5, 5.41) is 14.9. The Balaban J connectivity index is 1.74. The zero-order valence-electron chi connectivity index (χ0n) is 12.2. The van der Waals surface area contributed by atoms with Crippen molar-refractivity contribution in [3.8, 4) is 11.4 Å². The minimum Gasteiger partial charge on any atom is -0.497 e. The number of aromatic nitrogens is 8. The van der Waals surface area contributed by atoms with Gasteiger partial charge in [-0.05, 0) is 24.3 Å². The molecule has 0 fully saturated rings. The molecule has 0 aliphatic carbocycles. The first-order valence-corrected chi connectivity index (χ1v) is 6.89. The molecule has 1 N–H and O–H groups in total. The van der Waals surface area contributed by atoms with Gasteiger partial charge in [-0.3, -0.25) is 5.10 Å². The summed E-state index contributed by atoms with van der Waals surface area (Å²) in [6, 6.07) is 7.51. The Hall–Kier alpha value is -3.36. The van der Waals surface area contributed by atoms with Crippen LogP contribution in [0.15, 0.2) is 36.8 Å². The maximum absolute atomic E-state index is 5.16. The number of ether oxygens (including phenoxy) is 1. The van der Waals surface area contributed by atoms with E-state index in [1.54, 1.807) is 18.0 Å². The average Bonchev–Trinajstić information content (AvgIpc) is 3.24. The Kier molecular flexibility index (Phi) is 3.15. The molecule has 0 saturated heterocycles. The van der Waals surface area contributed by atoms with Crippen LogP contribution in [0, 0.1) is 0 Å². The smallest absolute Gasteiger partial charge is 0.187 e. The number of H-pyrrole nitrogens is 1. The molecule has 0 saturated carbocycles. The van der Waals surface area contributed by atoms with Crippen LogP contribution >= 0.6 is 0 Å². The minimum absolute atomic E-state index is 0.462. The predicted octanol–water partition coefficient (Wildman–Crippen LogP) is 0.928. The minimum atomic E-state index is 0.462. The highest BCUT2D eigenvalue weighted by atomic mass is 16.5. The van der Waals surface area contributed by atoms with Crippen LogP contribution in [0.4, 0.5) is 0 Å². The van der Waals surface area contributed by atoms with Crippen LogP contribution in [0.2, 0.25) is 0 Å². The molecule has 4 rings (SSSR count). The van der Waals surface area contributed by atoms with Crippen molar-refractivity contribution in [2.24, 2.45) is 0 Å². The lowest BCUT2D eigenvalue weighted by atomic mass is 10.3. The maximum atomic E-state index is 5.16. The number of hydrogen-bond donors (Lipinski definition) is 1. The van der Waals surface area contributed by atoms with E-state index in [9.17, 15) is 0 Å². The van der Waals surface area contributed by atoms with Crippen molar-refractivity contribution in [1.29, 1.82) is 0 Å². The summed E-state index contributed by atoms with van der Waals surface area (Å²) in [6.45, 7) is 0. The zero-order valence-corrected chi connectivity index (χ0v) is 12.2. The van der Waals surface area contributed by atoms with Crippen molar-refractivity contribution in [3.05, 3.63) is 48.4 Å². The van der Waals surface area contributed by atoms with Crippen LogP contribution < -0.4 is 4.74 Å². The third-order valence-electron chi connectivity index (χ3n) is 3.35. The molecule has 0 amide bonds. The fraction of sp³-hybridized carbons (Fsp3) is 0.143. The summed E-state index contributed by atoms with van der Waals surface area (Å²) < 4.78 is 6.83. The topological polar surface area (TPSA) is 107 Å². The van der Waals surface area contributed by atoms with Crippen LogP contribution in [0.3, 0.4) is 0 Å². The highest BCUT2D eigenvalue weighted by Gasteiger charge is 2.11. The highest BCUT2D eigenvalue weighted by molar-refractivity contribution is 5.70. The zero-order chi connectivity index (χ0) is 15.6. The molecule has 3 heterocycles. The number of fused-ring (bicyclic) bond motifs is 1. The largest absolute Gasteiger partial charge is 0.497 e. The lowest BCUT2D eigenvalue weighted by molar-refractivity contribution is 0.414. The number of nitrogens with zero attached hydrogens (tertiary/aromatic N) is 7. The third kappa shape index (κ3) is 2.48. The molecule has 114 valence electrons. The quantitative estimate of drug-likeness (QED) is 0.597. The van der Waals surface area contributed by atoms with Gasteiger partial charge in [-0.15, -0.1) is 5.10 Å². The first-order chi connectivity index (χ1) is 11.3. The standard InChI is InChI=1S/C14H12N8O/c1-23-10-4-2-9(3-5-10)22-14-11(19-21-22)7-15-12(18-14)6-13-16-8-17-20-13/h2-5,7-8H,6H2,1H3,(H,16,17,20). The molecular formula is C14H12N8O. The molecule has 1 aromatic carbocycles. The number of hydrogen-bond acceptors (Lipinski definition) is 7. The van der Waals surface area contributed by atoms with Gasteiger partial charge in [0.05, 0.1) is 25.4 Å². The second-order valence-corrected chi connectivity index (χ2v) is 4.80.